The fourth-order valence-corrected chi connectivity index (χ4v) is 3.19. The van der Waals surface area contributed by atoms with Crippen LogP contribution >= 0.6 is 23.2 Å². The summed E-state index contributed by atoms with van der Waals surface area (Å²) in [5, 5.41) is 10.6. The van der Waals surface area contributed by atoms with Crippen LogP contribution in [-0.2, 0) is 0 Å². The Morgan fingerprint density at radius 2 is 1.65 bits per heavy atom. The molecule has 1 fully saturated rings. The second-order valence-electron chi connectivity index (χ2n) is 4.68. The highest BCUT2D eigenvalue weighted by atomic mass is 35.5. The van der Waals surface area contributed by atoms with Crippen molar-refractivity contribution >= 4 is 23.2 Å². The van der Waals surface area contributed by atoms with E-state index >= 15 is 0 Å². The second-order valence-corrected chi connectivity index (χ2v) is 5.56. The first-order chi connectivity index (χ1) is 8.20. The summed E-state index contributed by atoms with van der Waals surface area (Å²) in [5.74, 6) is 0.394. The summed E-state index contributed by atoms with van der Waals surface area (Å²) in [5.41, 5.74) is 1.12. The molecule has 90 valence electrons. The van der Waals surface area contributed by atoms with Crippen molar-refractivity contribution in [2.75, 3.05) is 0 Å². The molecule has 1 nitrogen and oxygen atoms in total. The van der Waals surface area contributed by atoms with Gasteiger partial charge in [0.15, 0.2) is 0 Å². The van der Waals surface area contributed by atoms with Crippen LogP contribution < -0.4 is 0 Å². The van der Waals surface area contributed by atoms with Gasteiger partial charge in [-0.25, -0.2) is 0 Å². The van der Waals surface area contributed by atoms with E-state index in [0.717, 1.165) is 24.8 Å². The summed E-state index contributed by atoms with van der Waals surface area (Å²) in [6.07, 6.45) is 5.62. The zero-order valence-electron chi connectivity index (χ0n) is 9.63. The number of nitrogens with zero attached hydrogens (tertiary/aromatic N) is 1. The number of hydrogen-bond donors (Lipinski definition) is 0. The summed E-state index contributed by atoms with van der Waals surface area (Å²) in [7, 11) is 0. The third-order valence-corrected chi connectivity index (χ3v) is 3.93. The lowest BCUT2D eigenvalue weighted by Crippen LogP contribution is -2.09. The molecule has 1 aromatic rings. The fourth-order valence-electron chi connectivity index (χ4n) is 2.65. The molecule has 2 atom stereocenters. The van der Waals surface area contributed by atoms with E-state index in [1.165, 1.54) is 12.8 Å². The number of nitriles is 1. The van der Waals surface area contributed by atoms with Gasteiger partial charge >= 0.3 is 0 Å². The van der Waals surface area contributed by atoms with E-state index in [2.05, 4.69) is 6.07 Å². The Morgan fingerprint density at radius 1 is 1.00 bits per heavy atom. The van der Waals surface area contributed by atoms with Crippen LogP contribution in [0.4, 0.5) is 0 Å². The first-order valence-electron chi connectivity index (χ1n) is 6.06. The lowest BCUT2D eigenvalue weighted by molar-refractivity contribution is 0.490. The van der Waals surface area contributed by atoms with Gasteiger partial charge < -0.3 is 0 Å². The molecule has 2 unspecified atom stereocenters. The number of benzene rings is 1. The van der Waals surface area contributed by atoms with Gasteiger partial charge in [0.2, 0.25) is 0 Å². The maximum absolute atomic E-state index is 9.27. The minimum atomic E-state index is 0.104. The summed E-state index contributed by atoms with van der Waals surface area (Å²) in [6.45, 7) is 0. The highest BCUT2D eigenvalue weighted by Crippen LogP contribution is 2.38. The van der Waals surface area contributed by atoms with Gasteiger partial charge in [0.05, 0.1) is 12.0 Å². The molecule has 0 amide bonds. The smallest absolute Gasteiger partial charge is 0.0662 e. The summed E-state index contributed by atoms with van der Waals surface area (Å²) >= 11 is 12.1. The van der Waals surface area contributed by atoms with Gasteiger partial charge in [-0.3, -0.25) is 0 Å². The summed E-state index contributed by atoms with van der Waals surface area (Å²) in [4.78, 5) is 0. The molecule has 0 bridgehead atoms. The highest BCUT2D eigenvalue weighted by molar-refractivity contribution is 6.34. The molecule has 3 heteroatoms. The van der Waals surface area contributed by atoms with Crippen molar-refractivity contribution in [1.82, 2.24) is 0 Å². The molecule has 0 saturated heterocycles. The SMILES string of the molecule is N#CC1CCCCCC1c1cc(Cl)cc(Cl)c1. The average molecular weight is 268 g/mol. The number of hydrogen-bond acceptors (Lipinski definition) is 1. The van der Waals surface area contributed by atoms with E-state index < -0.39 is 0 Å². The van der Waals surface area contributed by atoms with E-state index in [1.807, 2.05) is 12.1 Å². The lowest BCUT2D eigenvalue weighted by atomic mass is 9.83. The van der Waals surface area contributed by atoms with Crippen molar-refractivity contribution in [1.29, 1.82) is 5.26 Å². The van der Waals surface area contributed by atoms with Crippen molar-refractivity contribution in [2.24, 2.45) is 5.92 Å². The largest absolute Gasteiger partial charge is 0.198 e. The highest BCUT2D eigenvalue weighted by Gasteiger charge is 2.25. The number of halogens is 2. The van der Waals surface area contributed by atoms with E-state index in [9.17, 15) is 5.26 Å². The average Bonchev–Trinajstić information content (AvgIpc) is 2.52. The monoisotopic (exact) mass is 267 g/mol. The van der Waals surface area contributed by atoms with Crippen LogP contribution in [0.2, 0.25) is 10.0 Å². The zero-order valence-corrected chi connectivity index (χ0v) is 11.1. The molecule has 1 aromatic carbocycles. The molecule has 0 aromatic heterocycles. The van der Waals surface area contributed by atoms with Crippen LogP contribution in [0.5, 0.6) is 0 Å². The predicted molar refractivity (Wildman–Crippen MR) is 71.4 cm³/mol. The van der Waals surface area contributed by atoms with Crippen molar-refractivity contribution in [3.05, 3.63) is 33.8 Å². The summed E-state index contributed by atoms with van der Waals surface area (Å²) in [6, 6.07) is 8.09. The maximum atomic E-state index is 9.27. The van der Waals surface area contributed by atoms with Gasteiger partial charge in [-0.2, -0.15) is 5.26 Å². The lowest BCUT2D eigenvalue weighted by Gasteiger charge is -2.20. The van der Waals surface area contributed by atoms with Crippen LogP contribution in [0.1, 0.15) is 43.6 Å². The summed E-state index contributed by atoms with van der Waals surface area (Å²) < 4.78 is 0. The number of rotatable bonds is 1. The Morgan fingerprint density at radius 3 is 2.29 bits per heavy atom. The van der Waals surface area contributed by atoms with Crippen molar-refractivity contribution < 1.29 is 0 Å². The molecule has 0 radical (unpaired) electrons. The van der Waals surface area contributed by atoms with Crippen LogP contribution in [0.25, 0.3) is 0 Å². The van der Waals surface area contributed by atoms with Crippen molar-refractivity contribution in [3.8, 4) is 6.07 Å². The molecular weight excluding hydrogens is 253 g/mol. The molecule has 0 heterocycles. The molecule has 0 N–H and O–H groups in total. The molecular formula is C14H15Cl2N. The zero-order chi connectivity index (χ0) is 12.3. The topological polar surface area (TPSA) is 23.8 Å². The normalized spacial score (nSPS) is 25.0. The molecule has 1 aliphatic rings. The van der Waals surface area contributed by atoms with E-state index in [1.54, 1.807) is 6.07 Å². The Kier molecular flexibility index (Phi) is 4.31. The second kappa shape index (κ2) is 5.76. The molecule has 2 rings (SSSR count). The maximum Gasteiger partial charge on any atom is 0.0662 e. The van der Waals surface area contributed by atoms with E-state index in [4.69, 9.17) is 23.2 Å². The first-order valence-corrected chi connectivity index (χ1v) is 6.82. The van der Waals surface area contributed by atoms with Gasteiger partial charge in [0.1, 0.15) is 0 Å². The van der Waals surface area contributed by atoms with Crippen LogP contribution in [0, 0.1) is 17.2 Å². The van der Waals surface area contributed by atoms with Gasteiger partial charge in [-0.1, -0.05) is 42.5 Å². The Bertz CT molecular complexity index is 416. The van der Waals surface area contributed by atoms with Crippen LogP contribution in [0.15, 0.2) is 18.2 Å². The quantitative estimate of drug-likeness (QED) is 0.643. The minimum Gasteiger partial charge on any atom is -0.198 e. The molecule has 0 spiro atoms. The molecule has 17 heavy (non-hydrogen) atoms. The first kappa shape index (κ1) is 12.7. The van der Waals surface area contributed by atoms with Crippen LogP contribution in [0.3, 0.4) is 0 Å². The Balaban J connectivity index is 2.32. The molecule has 1 saturated carbocycles. The predicted octanol–water partition coefficient (Wildman–Crippen LogP) is 5.18. The van der Waals surface area contributed by atoms with Gasteiger partial charge in [-0.15, -0.1) is 0 Å². The van der Waals surface area contributed by atoms with Crippen molar-refractivity contribution in [3.63, 3.8) is 0 Å². The minimum absolute atomic E-state index is 0.104. The van der Waals surface area contributed by atoms with Gasteiger partial charge in [0, 0.05) is 10.0 Å². The Hall–Kier alpha value is -0.710. The van der Waals surface area contributed by atoms with Crippen molar-refractivity contribution in [2.45, 2.75) is 38.0 Å². The van der Waals surface area contributed by atoms with E-state index in [0.29, 0.717) is 16.0 Å². The molecule has 0 aliphatic heterocycles. The standard InChI is InChI=1S/C14H15Cl2N/c15-12-6-11(7-13(16)8-12)14-5-3-1-2-4-10(14)9-17/h6-8,10,14H,1-5H2. The Labute approximate surface area is 112 Å². The fraction of sp³-hybridized carbons (Fsp3) is 0.500. The van der Waals surface area contributed by atoms with Gasteiger partial charge in [0.25, 0.3) is 0 Å². The van der Waals surface area contributed by atoms with Crippen LogP contribution in [-0.4, -0.2) is 0 Å². The molecule has 1 aliphatic carbocycles. The van der Waals surface area contributed by atoms with Gasteiger partial charge in [-0.05, 0) is 42.5 Å². The van der Waals surface area contributed by atoms with E-state index in [-0.39, 0.29) is 5.92 Å². The third kappa shape index (κ3) is 3.15. The third-order valence-electron chi connectivity index (χ3n) is 3.49.